The number of nitrogens with one attached hydrogen (secondary N) is 14. The monoisotopic (exact) mass is 1910 g/mol. The number of phenolic OH excluding ortho intramolecular Hbond substituents is 1. The van der Waals surface area contributed by atoms with Crippen LogP contribution < -0.4 is 75.9 Å². The van der Waals surface area contributed by atoms with Crippen molar-refractivity contribution in [2.45, 2.75) is 248 Å². The highest BCUT2D eigenvalue weighted by molar-refractivity contribution is 8.00. The molecule has 9 rings (SSSR count). The zero-order valence-electron chi connectivity index (χ0n) is 78.5. The zero-order chi connectivity index (χ0) is 99.1. The minimum Gasteiger partial charge on any atom is -0.508 e. The predicted octanol–water partition coefficient (Wildman–Crippen LogP) is -0.893. The first-order valence-electron chi connectivity index (χ1n) is 46.4. The molecule has 0 spiro atoms. The number of carbonyl (C=O) groups excluding carboxylic acids is 17. The van der Waals surface area contributed by atoms with E-state index in [9.17, 15) is 53.4 Å². The lowest BCUT2D eigenvalue weighted by Gasteiger charge is -2.36. The quantitative estimate of drug-likeness (QED) is 0.0161. The van der Waals surface area contributed by atoms with Gasteiger partial charge in [-0.1, -0.05) is 102 Å². The Morgan fingerprint density at radius 2 is 1.12 bits per heavy atom. The molecule has 3 aromatic carbocycles. The molecule has 0 radical (unpaired) electrons. The van der Waals surface area contributed by atoms with E-state index in [0.717, 1.165) is 32.5 Å². The standard InChI is InChI=1S/C93H133N23O19S/c1-10-12-26-73-86(128)106-66(25-18-34-102-96)84(126)111-72(83(125)100-47-78(120)103-53(5)80(95)122)49-136-50-79(121)105-69(38-55-30-32-61(118)33-31-55)89(131)112(7)54(6)81(123)108-71(43-77(94)119)92(134)116-36-20-29-75(116)88(130)107-67(42-60-46-97-51-101-60)85(127)110-68(37-52(3)4)91(133)115-35-19-28-74(115)87(129)104-59(39-56-44-98-64-23-16-14-21-62(56)64)40-58(48-117)82(124)109-70(41-57-45-99-65-24-17-15-22-63(57)65)90(132)114(9)76(27-13-11-2)93(135)113(73)8/h14-17,21-24,30-33,44-46,51-54,58-59,66-76,98-99,102,117-118H,10-13,18-20,25-29,34-43,47-50,96H2,1-9H3,(H2,94,119)(H2,95,122)(H,97,101)(H,100,125)(H,103,120)(H,104,129)(H,105,121)(H,106,128)(H,107,130)(H,108,123)(H,109,124)(H,110,127)(H,111,126)/t53-,54-,58-,59-,66-,67-,68-,69-,70-,71-,72-,73-,74-,75-,76-/m0/s1. The average molecular weight is 1910 g/mol. The van der Waals surface area contributed by atoms with Gasteiger partial charge in [-0.25, -0.2) is 4.98 Å². The summed E-state index contributed by atoms with van der Waals surface area (Å²) in [4.78, 5) is 269. The SMILES string of the molecule is CCCC[C@H]1C(=O)N(C)[C@@H](CCCC)C(=O)N[C@@H](CCCNN)C(=O)N[C@H](C(=O)NCC(=O)N[C@@H](C)C(N)=O)CSCC(=O)N[C@@H](Cc2ccc(O)cc2)C(=O)N(C)[C@@H](C)C(=O)N[C@@H](CC(N)=O)C(=O)N2CCC[C@H]2C(=O)N[C@@H](Cc2cnc[nH]2)C(=O)N[C@@H](CC(C)C)C(=O)N2CCC[C@H]2C(=O)N[C@@H](Cc2c[nH]c3ccccc23)C[C@@H](CO)C(=O)N[C@@H](Cc2c[nH]c3ccccc23)C(=O)N1C. The second-order valence-electron chi connectivity index (χ2n) is 35.6. The molecule has 22 N–H and O–H groups in total. The number of hydrogen-bond acceptors (Lipinski definition) is 23. The van der Waals surface area contributed by atoms with Crippen LogP contribution >= 0.6 is 11.8 Å². The van der Waals surface area contributed by atoms with Crippen molar-refractivity contribution in [3.63, 3.8) is 0 Å². The van der Waals surface area contributed by atoms with Crippen molar-refractivity contribution in [1.29, 1.82) is 0 Å². The van der Waals surface area contributed by atoms with Crippen molar-refractivity contribution >= 4 is 134 Å². The number of amides is 17. The zero-order valence-corrected chi connectivity index (χ0v) is 79.3. The number of para-hydroxylation sites is 2. The fourth-order valence-electron chi connectivity index (χ4n) is 17.2. The summed E-state index contributed by atoms with van der Waals surface area (Å²) in [5.74, 6) is -11.5. The summed E-state index contributed by atoms with van der Waals surface area (Å²) in [7, 11) is 4.03. The topological polar surface area (TPSA) is 617 Å². The number of aliphatic hydroxyl groups excluding tert-OH is 1. The van der Waals surface area contributed by atoms with E-state index < -0.39 is 222 Å². The third kappa shape index (κ3) is 29.7. The number of aliphatic hydroxyl groups is 1. The van der Waals surface area contributed by atoms with E-state index in [-0.39, 0.29) is 115 Å². The van der Waals surface area contributed by atoms with Crippen LogP contribution in [0.25, 0.3) is 21.8 Å². The fraction of sp³-hybridized carbons (Fsp3) is 0.548. The summed E-state index contributed by atoms with van der Waals surface area (Å²) in [6.45, 7) is 8.48. The molecule has 3 aliphatic heterocycles. The number of H-pyrrole nitrogens is 3. The number of benzene rings is 3. The number of aromatic nitrogens is 4. The van der Waals surface area contributed by atoms with Crippen molar-refractivity contribution in [2.24, 2.45) is 29.1 Å². The number of rotatable bonds is 28. The first-order chi connectivity index (χ1) is 64.9. The van der Waals surface area contributed by atoms with E-state index in [4.69, 9.17) is 17.3 Å². The number of fused-ring (bicyclic) bond motifs is 4. The van der Waals surface area contributed by atoms with E-state index in [2.05, 4.69) is 78.5 Å². The largest absolute Gasteiger partial charge is 0.508 e. The number of aromatic hydroxyl groups is 1. The highest BCUT2D eigenvalue weighted by atomic mass is 32.2. The molecular weight excluding hydrogens is 1780 g/mol. The fourth-order valence-corrected chi connectivity index (χ4v) is 18.1. The number of unbranched alkanes of at least 4 members (excludes halogenated alkanes) is 2. The molecule has 42 nitrogen and oxygen atoms in total. The van der Waals surface area contributed by atoms with Gasteiger partial charge in [0.2, 0.25) is 100 Å². The van der Waals surface area contributed by atoms with Gasteiger partial charge >= 0.3 is 0 Å². The Bertz CT molecular complexity index is 5170. The number of phenols is 1. The highest BCUT2D eigenvalue weighted by Crippen LogP contribution is 2.29. The third-order valence-electron chi connectivity index (χ3n) is 25.0. The number of nitrogens with zero attached hydrogens (tertiary/aromatic N) is 6. The van der Waals surface area contributed by atoms with Crippen LogP contribution in [0.4, 0.5) is 0 Å². The summed E-state index contributed by atoms with van der Waals surface area (Å²) in [5.41, 5.74) is 17.2. The summed E-state index contributed by atoms with van der Waals surface area (Å²) in [5, 5.41) is 50.5. The number of hydrogen-bond donors (Lipinski definition) is 19. The van der Waals surface area contributed by atoms with Gasteiger partial charge in [0.15, 0.2) is 0 Å². The maximum Gasteiger partial charge on any atom is 0.246 e. The average Bonchev–Trinajstić information content (AvgIpc) is 1.52. The van der Waals surface area contributed by atoms with Crippen LogP contribution in [0.15, 0.2) is 97.7 Å². The smallest absolute Gasteiger partial charge is 0.246 e. The Morgan fingerprint density at radius 1 is 0.566 bits per heavy atom. The van der Waals surface area contributed by atoms with Crippen molar-refractivity contribution in [3.8, 4) is 5.75 Å². The van der Waals surface area contributed by atoms with Crippen LogP contribution in [-0.4, -0.2) is 305 Å². The highest BCUT2D eigenvalue weighted by Gasteiger charge is 2.46. The molecule has 136 heavy (non-hydrogen) atoms. The van der Waals surface area contributed by atoms with Gasteiger partial charge in [-0.05, 0) is 131 Å². The molecule has 3 aliphatic rings. The lowest BCUT2D eigenvalue weighted by atomic mass is 9.93. The number of likely N-dealkylation sites (N-methyl/N-ethyl adjacent to an activating group) is 3. The Morgan fingerprint density at radius 3 is 1.71 bits per heavy atom. The van der Waals surface area contributed by atoms with Gasteiger partial charge in [0.05, 0.1) is 37.6 Å². The van der Waals surface area contributed by atoms with Crippen molar-refractivity contribution in [2.75, 3.05) is 65.4 Å². The molecule has 3 aromatic heterocycles. The van der Waals surface area contributed by atoms with Crippen molar-refractivity contribution in [1.82, 2.24) is 103 Å². The molecule has 6 heterocycles. The number of primary amides is 2. The van der Waals surface area contributed by atoms with E-state index in [1.165, 1.54) is 86.5 Å². The van der Waals surface area contributed by atoms with Crippen LogP contribution in [-0.2, 0) is 107 Å². The number of nitrogens with two attached hydrogens (primary N) is 3. The molecule has 17 amide bonds. The number of thioether (sulfide) groups is 1. The van der Waals surface area contributed by atoms with Crippen LogP contribution in [0.5, 0.6) is 5.75 Å². The summed E-state index contributed by atoms with van der Waals surface area (Å²) >= 11 is 0.766. The van der Waals surface area contributed by atoms with Gasteiger partial charge in [0.1, 0.15) is 84.3 Å². The lowest BCUT2D eigenvalue weighted by molar-refractivity contribution is -0.149. The van der Waals surface area contributed by atoms with Crippen LogP contribution in [0.1, 0.15) is 160 Å². The second-order valence-corrected chi connectivity index (χ2v) is 36.7. The molecule has 0 saturated carbocycles. The molecule has 43 heteroatoms. The Balaban J connectivity index is 1.10. The van der Waals surface area contributed by atoms with E-state index in [1.54, 1.807) is 18.5 Å². The molecule has 0 unspecified atom stereocenters. The van der Waals surface area contributed by atoms with E-state index >= 15 is 38.4 Å². The summed E-state index contributed by atoms with van der Waals surface area (Å²) < 4.78 is 0. The normalized spacial score (nSPS) is 24.3. The molecular formula is C93H133N23O19S. The van der Waals surface area contributed by atoms with Crippen molar-refractivity contribution in [3.05, 3.63) is 120 Å². The van der Waals surface area contributed by atoms with Crippen LogP contribution in [0.3, 0.4) is 0 Å². The first kappa shape index (κ1) is 107. The first-order valence-corrected chi connectivity index (χ1v) is 47.5. The Hall–Kier alpha value is -13.0. The number of carbonyl (C=O) groups is 17. The molecule has 740 valence electrons. The minimum absolute atomic E-state index is 0.0183. The maximum atomic E-state index is 15.9. The summed E-state index contributed by atoms with van der Waals surface area (Å²) in [6.07, 6.45) is 7.15. The van der Waals surface area contributed by atoms with E-state index in [0.29, 0.717) is 65.4 Å². The van der Waals surface area contributed by atoms with Crippen molar-refractivity contribution < 1.29 is 91.7 Å². The molecule has 0 aliphatic carbocycles. The Labute approximate surface area is 793 Å². The van der Waals surface area contributed by atoms with Gasteiger partial charge in [-0.15, -0.1) is 11.8 Å². The van der Waals surface area contributed by atoms with Gasteiger partial charge in [0.25, 0.3) is 0 Å². The summed E-state index contributed by atoms with van der Waals surface area (Å²) in [6, 6.07) is 0.779. The number of imidazole rings is 1. The molecule has 6 aromatic rings. The predicted molar refractivity (Wildman–Crippen MR) is 504 cm³/mol. The molecule has 3 saturated heterocycles. The van der Waals surface area contributed by atoms with Crippen LogP contribution in [0.2, 0.25) is 0 Å². The molecule has 3 fully saturated rings. The molecule has 15 atom stereocenters. The van der Waals surface area contributed by atoms with Gasteiger partial charge in [-0.3, -0.25) is 92.8 Å². The van der Waals surface area contributed by atoms with Crippen LogP contribution in [0, 0.1) is 11.8 Å². The Kier molecular flexibility index (Phi) is 40.5. The van der Waals surface area contributed by atoms with Gasteiger partial charge in [0, 0.05) is 118 Å². The van der Waals surface area contributed by atoms with Gasteiger partial charge < -0.3 is 114 Å². The maximum absolute atomic E-state index is 15.9. The molecule has 0 bridgehead atoms. The van der Waals surface area contributed by atoms with Gasteiger partial charge in [-0.2, -0.15) is 0 Å². The lowest BCUT2D eigenvalue weighted by Crippen LogP contribution is -2.60. The number of aromatic amines is 3. The second kappa shape index (κ2) is 51.6. The number of hydrazine groups is 1. The van der Waals surface area contributed by atoms with E-state index in [1.807, 2.05) is 70.2 Å². The third-order valence-corrected chi connectivity index (χ3v) is 26.0. The minimum atomic E-state index is -1.76.